The molecule has 1 aliphatic carbocycles. The first kappa shape index (κ1) is 10.2. The van der Waals surface area contributed by atoms with Gasteiger partial charge in [0.25, 0.3) is 0 Å². The second kappa shape index (κ2) is 2.54. The maximum atomic E-state index is 12.5. The first-order chi connectivity index (χ1) is 5.16. The van der Waals surface area contributed by atoms with E-state index in [9.17, 15) is 17.2 Å². The molecule has 0 atom stereocenters. The van der Waals surface area contributed by atoms with Crippen LogP contribution in [0.15, 0.2) is 0 Å². The number of rotatable bonds is 3. The third-order valence-corrected chi connectivity index (χ3v) is 4.53. The van der Waals surface area contributed by atoms with E-state index in [4.69, 9.17) is 10.7 Å². The van der Waals surface area contributed by atoms with Crippen LogP contribution in [0.4, 0.5) is 8.78 Å². The number of alkyl halides is 2. The van der Waals surface area contributed by atoms with Crippen molar-refractivity contribution in [2.24, 2.45) is 0 Å². The lowest BCUT2D eigenvalue weighted by Crippen LogP contribution is -2.27. The predicted octanol–water partition coefficient (Wildman–Crippen LogP) is 2.13. The van der Waals surface area contributed by atoms with Crippen LogP contribution in [0, 0.1) is 0 Å². The molecular weight excluding hydrogens is 210 g/mol. The van der Waals surface area contributed by atoms with Crippen LogP contribution in [0.25, 0.3) is 0 Å². The van der Waals surface area contributed by atoms with Gasteiger partial charge in [0.15, 0.2) is 0 Å². The first-order valence-electron chi connectivity index (χ1n) is 3.48. The molecule has 0 saturated heterocycles. The molecule has 0 spiro atoms. The number of hydrogen-bond donors (Lipinski definition) is 0. The lowest BCUT2D eigenvalue weighted by atomic mass is 10.2. The van der Waals surface area contributed by atoms with Gasteiger partial charge in [-0.2, -0.15) is 0 Å². The highest BCUT2D eigenvalue weighted by Gasteiger charge is 2.57. The largest absolute Gasteiger partial charge is 0.247 e. The summed E-state index contributed by atoms with van der Waals surface area (Å²) in [6, 6.07) is 0. The van der Waals surface area contributed by atoms with E-state index in [0.717, 1.165) is 0 Å². The van der Waals surface area contributed by atoms with E-state index in [2.05, 4.69) is 0 Å². The Bertz CT molecular complexity index is 276. The minimum absolute atomic E-state index is 0.252. The molecule has 72 valence electrons. The fourth-order valence-electron chi connectivity index (χ4n) is 1.21. The molecule has 0 aromatic heterocycles. The van der Waals surface area contributed by atoms with Crippen LogP contribution in [0.5, 0.6) is 0 Å². The van der Waals surface area contributed by atoms with Crippen molar-refractivity contribution in [2.45, 2.75) is 36.9 Å². The van der Waals surface area contributed by atoms with Crippen LogP contribution in [-0.2, 0) is 9.05 Å². The van der Waals surface area contributed by atoms with Crippen LogP contribution in [0.3, 0.4) is 0 Å². The third-order valence-electron chi connectivity index (χ3n) is 1.96. The molecule has 1 saturated carbocycles. The highest BCUT2D eigenvalue weighted by Crippen LogP contribution is 2.51. The summed E-state index contributed by atoms with van der Waals surface area (Å²) in [5, 5.41) is 0. The van der Waals surface area contributed by atoms with Crippen molar-refractivity contribution in [3.05, 3.63) is 0 Å². The van der Waals surface area contributed by atoms with Crippen LogP contribution < -0.4 is 0 Å². The molecule has 1 aliphatic rings. The van der Waals surface area contributed by atoms with Crippen LogP contribution in [0.2, 0.25) is 0 Å². The minimum Gasteiger partial charge on any atom is -0.212 e. The van der Waals surface area contributed by atoms with Crippen molar-refractivity contribution in [3.8, 4) is 0 Å². The van der Waals surface area contributed by atoms with Gasteiger partial charge < -0.3 is 0 Å². The lowest BCUT2D eigenvalue weighted by molar-refractivity contribution is 0.0101. The minimum atomic E-state index is -3.83. The summed E-state index contributed by atoms with van der Waals surface area (Å²) in [6.45, 7) is 0.704. The maximum Gasteiger partial charge on any atom is 0.247 e. The van der Waals surface area contributed by atoms with Gasteiger partial charge in [0.2, 0.25) is 15.0 Å². The van der Waals surface area contributed by atoms with Crippen LogP contribution >= 0.6 is 10.7 Å². The van der Waals surface area contributed by atoms with Gasteiger partial charge in [0.05, 0.1) is 4.75 Å². The van der Waals surface area contributed by atoms with Gasteiger partial charge >= 0.3 is 0 Å². The third kappa shape index (κ3) is 2.07. The average molecular weight is 219 g/mol. The number of hydrogen-bond acceptors (Lipinski definition) is 2. The van der Waals surface area contributed by atoms with Gasteiger partial charge in [-0.05, 0) is 19.8 Å². The Kier molecular flexibility index (Phi) is 2.16. The Hall–Kier alpha value is 0.1000. The zero-order chi connectivity index (χ0) is 9.62. The summed E-state index contributed by atoms with van der Waals surface area (Å²) in [5.41, 5.74) is 0. The monoisotopic (exact) mass is 218 g/mol. The Morgan fingerprint density at radius 3 is 2.00 bits per heavy atom. The lowest BCUT2D eigenvalue weighted by Gasteiger charge is -2.16. The Morgan fingerprint density at radius 1 is 1.50 bits per heavy atom. The zero-order valence-electron chi connectivity index (χ0n) is 6.48. The maximum absolute atomic E-state index is 12.5. The highest BCUT2D eigenvalue weighted by atomic mass is 35.7. The molecule has 1 fully saturated rings. The topological polar surface area (TPSA) is 34.1 Å². The second-order valence-corrected chi connectivity index (χ2v) is 6.33. The van der Waals surface area contributed by atoms with E-state index in [1.54, 1.807) is 0 Å². The SMILES string of the molecule is CC(F)(F)CC1(S(=O)(=O)Cl)CC1. The highest BCUT2D eigenvalue weighted by molar-refractivity contribution is 8.15. The van der Waals surface area contributed by atoms with E-state index in [-0.39, 0.29) is 12.8 Å². The fourth-order valence-corrected chi connectivity index (χ4v) is 2.85. The van der Waals surface area contributed by atoms with Crippen molar-refractivity contribution in [1.29, 1.82) is 0 Å². The summed E-state index contributed by atoms with van der Waals surface area (Å²) in [6.07, 6.45) is -0.156. The molecule has 1 rings (SSSR count). The molecule has 0 unspecified atom stereocenters. The Morgan fingerprint density at radius 2 is 1.92 bits per heavy atom. The van der Waals surface area contributed by atoms with E-state index in [0.29, 0.717) is 6.92 Å². The van der Waals surface area contributed by atoms with Crippen molar-refractivity contribution in [2.75, 3.05) is 0 Å². The summed E-state index contributed by atoms with van der Waals surface area (Å²) < 4.78 is 45.2. The molecule has 2 nitrogen and oxygen atoms in total. The molecule has 0 aliphatic heterocycles. The molecule has 0 radical (unpaired) electrons. The van der Waals surface area contributed by atoms with Crippen molar-refractivity contribution < 1.29 is 17.2 Å². The van der Waals surface area contributed by atoms with E-state index in [1.165, 1.54) is 0 Å². The molecule has 0 amide bonds. The molecule has 0 aromatic carbocycles. The zero-order valence-corrected chi connectivity index (χ0v) is 8.05. The Balaban J connectivity index is 2.77. The summed E-state index contributed by atoms with van der Waals surface area (Å²) in [4.78, 5) is 0. The molecular formula is C6H9ClF2O2S. The van der Waals surface area contributed by atoms with E-state index >= 15 is 0 Å². The van der Waals surface area contributed by atoms with Crippen LogP contribution in [-0.4, -0.2) is 19.1 Å². The summed E-state index contributed by atoms with van der Waals surface area (Å²) in [5.74, 6) is -2.96. The standard InChI is InChI=1S/C6H9ClF2O2S/c1-5(8,9)4-6(2-3-6)12(7,10)11/h2-4H2,1H3. The average Bonchev–Trinajstić information content (AvgIpc) is 2.39. The van der Waals surface area contributed by atoms with Gasteiger partial charge in [-0.1, -0.05) is 0 Å². The molecule has 0 bridgehead atoms. The smallest absolute Gasteiger partial charge is 0.212 e. The molecule has 12 heavy (non-hydrogen) atoms. The summed E-state index contributed by atoms with van der Waals surface area (Å²) in [7, 11) is 1.20. The predicted molar refractivity (Wildman–Crippen MR) is 42.0 cm³/mol. The second-order valence-electron chi connectivity index (χ2n) is 3.37. The van der Waals surface area contributed by atoms with E-state index in [1.807, 2.05) is 0 Å². The molecule has 0 heterocycles. The molecule has 6 heteroatoms. The van der Waals surface area contributed by atoms with Crippen molar-refractivity contribution in [1.82, 2.24) is 0 Å². The fraction of sp³-hybridized carbons (Fsp3) is 1.00. The molecule has 0 aromatic rings. The van der Waals surface area contributed by atoms with Gasteiger partial charge in [-0.25, -0.2) is 17.2 Å². The van der Waals surface area contributed by atoms with Gasteiger partial charge in [-0.3, -0.25) is 0 Å². The van der Waals surface area contributed by atoms with Crippen LogP contribution in [0.1, 0.15) is 26.2 Å². The van der Waals surface area contributed by atoms with Crippen molar-refractivity contribution >= 4 is 19.7 Å². The van der Waals surface area contributed by atoms with Gasteiger partial charge in [0, 0.05) is 17.1 Å². The van der Waals surface area contributed by atoms with Gasteiger partial charge in [0.1, 0.15) is 0 Å². The Labute approximate surface area is 74.3 Å². The molecule has 0 N–H and O–H groups in total. The van der Waals surface area contributed by atoms with Gasteiger partial charge in [-0.15, -0.1) is 0 Å². The first-order valence-corrected chi connectivity index (χ1v) is 5.79. The number of halogens is 3. The van der Waals surface area contributed by atoms with Crippen molar-refractivity contribution in [3.63, 3.8) is 0 Å². The normalized spacial score (nSPS) is 22.3. The summed E-state index contributed by atoms with van der Waals surface area (Å²) >= 11 is 0. The quantitative estimate of drug-likeness (QED) is 0.680. The van der Waals surface area contributed by atoms with E-state index < -0.39 is 26.1 Å².